The molecule has 4 bridgehead atoms. The third kappa shape index (κ3) is 4.31. The zero-order valence-corrected chi connectivity index (χ0v) is 19.5. The van der Waals surface area contributed by atoms with E-state index in [2.05, 4.69) is 0 Å². The Kier molecular flexibility index (Phi) is 5.80. The number of rotatable bonds is 7. The highest BCUT2D eigenvalue weighted by atomic mass is 35.5. The lowest BCUT2D eigenvalue weighted by Crippen LogP contribution is -2.48. The SMILES string of the molecule is O=C(CS(=O)(=O)N1CC[C@H](O)C1)c1cc(Cl)c(OCC23CC4CC(CC(C4)C2)C3)cc1F. The van der Waals surface area contributed by atoms with E-state index in [1.54, 1.807) is 0 Å². The molecule has 1 aromatic carbocycles. The topological polar surface area (TPSA) is 83.9 Å². The molecule has 0 radical (unpaired) electrons. The largest absolute Gasteiger partial charge is 0.491 e. The molecule has 0 aromatic heterocycles. The van der Waals surface area contributed by atoms with Crippen LogP contribution in [-0.4, -0.2) is 55.2 Å². The molecule has 1 N–H and O–H groups in total. The van der Waals surface area contributed by atoms with E-state index >= 15 is 0 Å². The summed E-state index contributed by atoms with van der Waals surface area (Å²) in [5.74, 6) is -0.0420. The van der Waals surface area contributed by atoms with Crippen LogP contribution in [0.2, 0.25) is 5.02 Å². The number of carbonyl (C=O) groups excluding carboxylic acids is 1. The molecule has 6 nitrogen and oxygen atoms in total. The van der Waals surface area contributed by atoms with Crippen LogP contribution < -0.4 is 4.74 Å². The maximum absolute atomic E-state index is 14.8. The summed E-state index contributed by atoms with van der Waals surface area (Å²) in [4.78, 5) is 12.6. The first-order valence-corrected chi connectivity index (χ1v) is 13.4. The number of ether oxygens (including phenoxy) is 1. The van der Waals surface area contributed by atoms with Crippen molar-refractivity contribution in [2.75, 3.05) is 25.4 Å². The van der Waals surface area contributed by atoms with Gasteiger partial charge < -0.3 is 9.84 Å². The van der Waals surface area contributed by atoms with E-state index in [1.807, 2.05) is 0 Å². The Morgan fingerprint density at radius 2 is 1.81 bits per heavy atom. The number of hydrogen-bond donors (Lipinski definition) is 1. The van der Waals surface area contributed by atoms with E-state index in [0.29, 0.717) is 13.0 Å². The van der Waals surface area contributed by atoms with Crippen molar-refractivity contribution in [1.29, 1.82) is 0 Å². The van der Waals surface area contributed by atoms with Gasteiger partial charge in [-0.2, -0.15) is 4.31 Å². The number of benzene rings is 1. The second kappa shape index (κ2) is 8.22. The lowest BCUT2D eigenvalue weighted by molar-refractivity contribution is -0.0745. The summed E-state index contributed by atoms with van der Waals surface area (Å²) in [6.45, 7) is 0.599. The van der Waals surface area contributed by atoms with E-state index in [9.17, 15) is 22.7 Å². The number of aliphatic hydroxyl groups excluding tert-OH is 1. The maximum Gasteiger partial charge on any atom is 0.221 e. The summed E-state index contributed by atoms with van der Waals surface area (Å²) in [6, 6.07) is 2.27. The van der Waals surface area contributed by atoms with Gasteiger partial charge in [0.25, 0.3) is 0 Å². The number of β-amino-alcohol motifs (C(OH)–C–C–N with tert-alkyl or cyclic N) is 1. The van der Waals surface area contributed by atoms with Gasteiger partial charge in [0.15, 0.2) is 5.78 Å². The zero-order chi connectivity index (χ0) is 22.7. The quantitative estimate of drug-likeness (QED) is 0.596. The molecule has 1 saturated heterocycles. The van der Waals surface area contributed by atoms with Crippen molar-refractivity contribution in [1.82, 2.24) is 4.31 Å². The molecule has 1 aliphatic heterocycles. The molecule has 0 spiro atoms. The minimum absolute atomic E-state index is 0.0457. The minimum Gasteiger partial charge on any atom is -0.491 e. The van der Waals surface area contributed by atoms with Crippen molar-refractivity contribution in [2.45, 2.75) is 51.0 Å². The van der Waals surface area contributed by atoms with Gasteiger partial charge >= 0.3 is 0 Å². The number of sulfonamides is 1. The Balaban J connectivity index is 1.27. The van der Waals surface area contributed by atoms with Crippen molar-refractivity contribution in [3.63, 3.8) is 0 Å². The number of halogens is 2. The monoisotopic (exact) mass is 485 g/mol. The summed E-state index contributed by atoms with van der Waals surface area (Å²) in [6.07, 6.45) is 7.01. The second-order valence-corrected chi connectivity index (χ2v) is 12.8. The molecule has 6 rings (SSSR count). The predicted molar refractivity (Wildman–Crippen MR) is 118 cm³/mol. The van der Waals surface area contributed by atoms with Crippen LogP contribution >= 0.6 is 11.6 Å². The highest BCUT2D eigenvalue weighted by molar-refractivity contribution is 7.89. The molecule has 0 unspecified atom stereocenters. The van der Waals surface area contributed by atoms with Gasteiger partial charge in [-0.15, -0.1) is 0 Å². The number of hydrogen-bond acceptors (Lipinski definition) is 5. The molecule has 176 valence electrons. The second-order valence-electron chi connectivity index (χ2n) is 10.4. The third-order valence-corrected chi connectivity index (χ3v) is 9.89. The van der Waals surface area contributed by atoms with Crippen LogP contribution in [-0.2, 0) is 10.0 Å². The number of aliphatic hydroxyl groups is 1. The van der Waals surface area contributed by atoms with E-state index in [0.717, 1.165) is 47.4 Å². The minimum atomic E-state index is -3.93. The molecular formula is C23H29ClFNO5S. The first-order valence-electron chi connectivity index (χ1n) is 11.4. The average Bonchev–Trinajstić information content (AvgIpc) is 3.14. The molecule has 4 aliphatic carbocycles. The number of carbonyl (C=O) groups is 1. The van der Waals surface area contributed by atoms with E-state index in [-0.39, 0.29) is 34.8 Å². The molecule has 4 saturated carbocycles. The summed E-state index contributed by atoms with van der Waals surface area (Å²) >= 11 is 6.31. The lowest BCUT2D eigenvalue weighted by Gasteiger charge is -2.56. The van der Waals surface area contributed by atoms with Crippen LogP contribution in [0.3, 0.4) is 0 Å². The maximum atomic E-state index is 14.8. The predicted octanol–water partition coefficient (Wildman–Crippen LogP) is 3.65. The molecule has 1 aromatic rings. The van der Waals surface area contributed by atoms with Gasteiger partial charge in [-0.25, -0.2) is 12.8 Å². The van der Waals surface area contributed by atoms with Gasteiger partial charge in [-0.1, -0.05) is 11.6 Å². The fourth-order valence-corrected chi connectivity index (χ4v) is 8.52. The van der Waals surface area contributed by atoms with Gasteiger partial charge in [-0.3, -0.25) is 4.79 Å². The Morgan fingerprint density at radius 3 is 2.38 bits per heavy atom. The Hall–Kier alpha value is -1.22. The van der Waals surface area contributed by atoms with Crippen molar-refractivity contribution in [3.05, 3.63) is 28.5 Å². The smallest absolute Gasteiger partial charge is 0.221 e. The van der Waals surface area contributed by atoms with Crippen molar-refractivity contribution < 1.29 is 27.4 Å². The fourth-order valence-electron chi connectivity index (χ4n) is 6.85. The first-order chi connectivity index (χ1) is 15.1. The van der Waals surface area contributed by atoms with Gasteiger partial charge in [0.2, 0.25) is 10.0 Å². The molecule has 0 amide bonds. The van der Waals surface area contributed by atoms with Crippen LogP contribution in [0.4, 0.5) is 4.39 Å². The summed E-state index contributed by atoms with van der Waals surface area (Å²) in [5, 5.41) is 9.66. The van der Waals surface area contributed by atoms with Gasteiger partial charge in [0, 0.05) is 24.6 Å². The van der Waals surface area contributed by atoms with Gasteiger partial charge in [0.05, 0.1) is 23.3 Å². The third-order valence-electron chi connectivity index (χ3n) is 7.85. The van der Waals surface area contributed by atoms with Gasteiger partial charge in [-0.05, 0) is 68.8 Å². The molecule has 5 aliphatic rings. The Labute approximate surface area is 193 Å². The van der Waals surface area contributed by atoms with E-state index in [1.165, 1.54) is 25.3 Å². The van der Waals surface area contributed by atoms with Crippen LogP contribution in [0.1, 0.15) is 55.3 Å². The molecule has 9 heteroatoms. The molecule has 1 heterocycles. The van der Waals surface area contributed by atoms with Crippen molar-refractivity contribution in [3.8, 4) is 5.75 Å². The highest BCUT2D eigenvalue weighted by Gasteiger charge is 2.51. The Morgan fingerprint density at radius 1 is 1.19 bits per heavy atom. The number of nitrogens with zero attached hydrogens (tertiary/aromatic N) is 1. The molecule has 1 atom stereocenters. The molecule has 5 fully saturated rings. The van der Waals surface area contributed by atoms with Crippen molar-refractivity contribution in [2.24, 2.45) is 23.2 Å². The first kappa shape index (κ1) is 22.6. The lowest BCUT2D eigenvalue weighted by atomic mass is 9.50. The fraction of sp³-hybridized carbons (Fsp3) is 0.696. The normalized spacial score (nSPS) is 34.2. The standard InChI is InChI=1S/C23H29ClFNO5S/c24-19-6-18(21(28)12-32(29,30)26-2-1-17(27)11-26)20(25)7-22(19)31-13-23-8-14-3-15(9-23)5-16(4-14)10-23/h6-7,14-17,27H,1-5,8-13H2/t14?,15?,16?,17-,23?/m0/s1. The Bertz CT molecular complexity index is 994. The summed E-state index contributed by atoms with van der Waals surface area (Å²) in [5.41, 5.74) is -0.224. The van der Waals surface area contributed by atoms with Crippen LogP contribution in [0.5, 0.6) is 5.75 Å². The van der Waals surface area contributed by atoms with Crippen LogP contribution in [0.15, 0.2) is 12.1 Å². The van der Waals surface area contributed by atoms with Crippen molar-refractivity contribution >= 4 is 27.4 Å². The average molecular weight is 486 g/mol. The number of Topliss-reactive ketones (excluding diaryl/α,β-unsaturated/α-hetero) is 1. The molecule has 32 heavy (non-hydrogen) atoms. The van der Waals surface area contributed by atoms with E-state index < -0.39 is 33.5 Å². The van der Waals surface area contributed by atoms with Crippen LogP contribution in [0, 0.1) is 29.0 Å². The summed E-state index contributed by atoms with van der Waals surface area (Å²) in [7, 11) is -3.93. The van der Waals surface area contributed by atoms with E-state index in [4.69, 9.17) is 16.3 Å². The highest BCUT2D eigenvalue weighted by Crippen LogP contribution is 2.60. The number of ketones is 1. The van der Waals surface area contributed by atoms with Crippen LogP contribution in [0.25, 0.3) is 0 Å². The summed E-state index contributed by atoms with van der Waals surface area (Å²) < 4.78 is 46.7. The van der Waals surface area contributed by atoms with Gasteiger partial charge in [0.1, 0.15) is 17.3 Å². The molecular weight excluding hydrogens is 457 g/mol. The zero-order valence-electron chi connectivity index (χ0n) is 17.9.